The van der Waals surface area contributed by atoms with Crippen LogP contribution >= 0.6 is 0 Å². The zero-order valence-electron chi connectivity index (χ0n) is 10.7. The molecule has 1 unspecified atom stereocenters. The van der Waals surface area contributed by atoms with Crippen molar-refractivity contribution < 1.29 is 13.4 Å². The van der Waals surface area contributed by atoms with Gasteiger partial charge in [-0.3, -0.25) is 9.00 Å². The van der Waals surface area contributed by atoms with Crippen LogP contribution in [0.5, 0.6) is 0 Å². The van der Waals surface area contributed by atoms with E-state index < -0.39 is 16.5 Å². The zero-order valence-corrected chi connectivity index (χ0v) is 11.5. The molecule has 1 N–H and O–H groups in total. The van der Waals surface area contributed by atoms with Gasteiger partial charge in [0.1, 0.15) is 5.67 Å². The molecule has 1 saturated heterocycles. The van der Waals surface area contributed by atoms with Crippen LogP contribution in [0.15, 0.2) is 11.5 Å². The van der Waals surface area contributed by atoms with E-state index in [0.29, 0.717) is 38.9 Å². The summed E-state index contributed by atoms with van der Waals surface area (Å²) >= 11 is 0. The van der Waals surface area contributed by atoms with Gasteiger partial charge in [-0.1, -0.05) is 6.08 Å². The number of hydrogen-bond donors (Lipinski definition) is 1. The van der Waals surface area contributed by atoms with Gasteiger partial charge in [0.05, 0.1) is 0 Å². The molecule has 0 radical (unpaired) electrons. The maximum atomic E-state index is 14.4. The van der Waals surface area contributed by atoms with E-state index in [1.165, 1.54) is 0 Å². The monoisotopic (exact) mass is 276 g/mol. The van der Waals surface area contributed by atoms with Gasteiger partial charge >= 0.3 is 0 Å². The molecule has 0 aromatic carbocycles. The van der Waals surface area contributed by atoms with Gasteiger partial charge in [-0.2, -0.15) is 0 Å². The number of alkyl halides is 1. The first-order chi connectivity index (χ1) is 8.56. The number of rotatable bonds is 6. The fraction of sp³-hybridized carbons (Fsp3) is 0.750. The van der Waals surface area contributed by atoms with E-state index in [1.807, 2.05) is 0 Å². The molecule has 4 nitrogen and oxygen atoms in total. The lowest BCUT2D eigenvalue weighted by Crippen LogP contribution is -2.37. The van der Waals surface area contributed by atoms with Crippen molar-refractivity contribution in [1.82, 2.24) is 10.2 Å². The first kappa shape index (κ1) is 15.3. The Labute approximate surface area is 110 Å². The SMILES string of the molecule is CS(=O)/C=C/CNC[C@@]1(F)CCCN(C=O)CC1. The summed E-state index contributed by atoms with van der Waals surface area (Å²) in [4.78, 5) is 12.3. The molecule has 1 fully saturated rings. The van der Waals surface area contributed by atoms with Crippen LogP contribution in [0.4, 0.5) is 4.39 Å². The van der Waals surface area contributed by atoms with Crippen molar-refractivity contribution in [2.24, 2.45) is 0 Å². The number of halogens is 1. The molecule has 0 aromatic heterocycles. The van der Waals surface area contributed by atoms with Gasteiger partial charge in [-0.05, 0) is 18.2 Å². The standard InChI is InChI=1S/C12H21FN2O2S/c1-18(17)9-3-6-14-10-12(13)4-2-7-15(11-16)8-5-12/h3,9,11,14H,2,4-8,10H2,1H3/b9-3+/t12-,18?/m1/s1. The highest BCUT2D eigenvalue weighted by molar-refractivity contribution is 7.87. The molecule has 1 rings (SSSR count). The molecule has 1 heterocycles. The van der Waals surface area contributed by atoms with Gasteiger partial charge in [0, 0.05) is 49.7 Å². The van der Waals surface area contributed by atoms with E-state index in [-0.39, 0.29) is 6.54 Å². The summed E-state index contributed by atoms with van der Waals surface area (Å²) in [7, 11) is -0.953. The van der Waals surface area contributed by atoms with Crippen molar-refractivity contribution in [2.45, 2.75) is 24.9 Å². The predicted molar refractivity (Wildman–Crippen MR) is 71.4 cm³/mol. The minimum Gasteiger partial charge on any atom is -0.345 e. The van der Waals surface area contributed by atoms with E-state index in [2.05, 4.69) is 5.32 Å². The van der Waals surface area contributed by atoms with Crippen LogP contribution in [0.25, 0.3) is 0 Å². The van der Waals surface area contributed by atoms with Crippen LogP contribution in [0.2, 0.25) is 0 Å². The second-order valence-corrected chi connectivity index (χ2v) is 5.92. The average Bonchev–Trinajstić information content (AvgIpc) is 2.51. The lowest BCUT2D eigenvalue weighted by Gasteiger charge is -2.23. The highest BCUT2D eigenvalue weighted by Gasteiger charge is 2.31. The Kier molecular flexibility index (Phi) is 6.49. The quantitative estimate of drug-likeness (QED) is 0.577. The largest absolute Gasteiger partial charge is 0.345 e. The molecule has 1 amide bonds. The Hall–Kier alpha value is -0.750. The second kappa shape index (κ2) is 7.63. The Balaban J connectivity index is 2.31. The summed E-state index contributed by atoms with van der Waals surface area (Å²) in [6.45, 7) is 1.92. The summed E-state index contributed by atoms with van der Waals surface area (Å²) in [6.07, 6.45) is 5.68. The third-order valence-corrected chi connectivity index (χ3v) is 3.63. The third kappa shape index (κ3) is 5.73. The van der Waals surface area contributed by atoms with Crippen molar-refractivity contribution in [3.8, 4) is 0 Å². The van der Waals surface area contributed by atoms with Crippen molar-refractivity contribution in [2.75, 3.05) is 32.4 Å². The van der Waals surface area contributed by atoms with Gasteiger partial charge in [-0.25, -0.2) is 4.39 Å². The minimum atomic E-state index is -1.24. The van der Waals surface area contributed by atoms with Crippen molar-refractivity contribution in [1.29, 1.82) is 0 Å². The Morgan fingerprint density at radius 1 is 1.44 bits per heavy atom. The number of amides is 1. The number of carbonyl (C=O) groups is 1. The maximum Gasteiger partial charge on any atom is 0.209 e. The Morgan fingerprint density at radius 3 is 2.89 bits per heavy atom. The van der Waals surface area contributed by atoms with Crippen LogP contribution < -0.4 is 5.32 Å². The molecule has 0 spiro atoms. The summed E-state index contributed by atoms with van der Waals surface area (Å²) in [5, 5.41) is 4.59. The lowest BCUT2D eigenvalue weighted by molar-refractivity contribution is -0.118. The van der Waals surface area contributed by atoms with Crippen molar-refractivity contribution >= 4 is 17.2 Å². The molecule has 1 aliphatic heterocycles. The topological polar surface area (TPSA) is 49.4 Å². The van der Waals surface area contributed by atoms with Crippen molar-refractivity contribution in [3.05, 3.63) is 11.5 Å². The fourth-order valence-corrected chi connectivity index (χ4v) is 2.39. The highest BCUT2D eigenvalue weighted by Crippen LogP contribution is 2.25. The van der Waals surface area contributed by atoms with Gasteiger partial charge in [0.25, 0.3) is 0 Å². The lowest BCUT2D eigenvalue weighted by atomic mass is 9.97. The second-order valence-electron chi connectivity index (χ2n) is 4.65. The minimum absolute atomic E-state index is 0.278. The number of hydrogen-bond acceptors (Lipinski definition) is 3. The van der Waals surface area contributed by atoms with Crippen LogP contribution in [0, 0.1) is 0 Å². The maximum absolute atomic E-state index is 14.4. The first-order valence-electron chi connectivity index (χ1n) is 6.14. The number of nitrogens with one attached hydrogen (secondary N) is 1. The van der Waals surface area contributed by atoms with Crippen LogP contribution in [0.1, 0.15) is 19.3 Å². The molecular weight excluding hydrogens is 255 g/mol. The molecule has 0 saturated carbocycles. The van der Waals surface area contributed by atoms with E-state index in [9.17, 15) is 13.4 Å². The number of nitrogens with zero attached hydrogens (tertiary/aromatic N) is 1. The fourth-order valence-electron chi connectivity index (χ4n) is 2.03. The summed E-state index contributed by atoms with van der Waals surface area (Å²) in [5.74, 6) is 0. The van der Waals surface area contributed by atoms with Gasteiger partial charge in [0.15, 0.2) is 0 Å². The van der Waals surface area contributed by atoms with E-state index >= 15 is 0 Å². The highest BCUT2D eigenvalue weighted by atomic mass is 32.2. The Bertz CT molecular complexity index is 325. The van der Waals surface area contributed by atoms with Crippen LogP contribution in [0.3, 0.4) is 0 Å². The third-order valence-electron chi connectivity index (χ3n) is 3.06. The predicted octanol–water partition coefficient (Wildman–Crippen LogP) is 0.819. The van der Waals surface area contributed by atoms with E-state index in [0.717, 1.165) is 6.41 Å². The molecule has 0 aromatic rings. The molecule has 104 valence electrons. The first-order valence-corrected chi connectivity index (χ1v) is 7.76. The van der Waals surface area contributed by atoms with E-state index in [4.69, 9.17) is 0 Å². The molecule has 1 aliphatic rings. The molecular formula is C12H21FN2O2S. The molecule has 18 heavy (non-hydrogen) atoms. The van der Waals surface area contributed by atoms with E-state index in [1.54, 1.807) is 22.6 Å². The molecule has 0 bridgehead atoms. The molecule has 6 heteroatoms. The Morgan fingerprint density at radius 2 is 2.22 bits per heavy atom. The average molecular weight is 276 g/mol. The van der Waals surface area contributed by atoms with Crippen LogP contribution in [-0.4, -0.2) is 53.6 Å². The van der Waals surface area contributed by atoms with Gasteiger partial charge in [0.2, 0.25) is 6.41 Å². The van der Waals surface area contributed by atoms with Gasteiger partial charge < -0.3 is 10.2 Å². The summed E-state index contributed by atoms with van der Waals surface area (Å²) in [6, 6.07) is 0. The summed E-state index contributed by atoms with van der Waals surface area (Å²) in [5.41, 5.74) is -1.24. The molecule has 2 atom stereocenters. The molecule has 0 aliphatic carbocycles. The normalized spacial score (nSPS) is 27.1. The smallest absolute Gasteiger partial charge is 0.209 e. The zero-order chi connectivity index (χ0) is 13.4. The summed E-state index contributed by atoms with van der Waals surface area (Å²) < 4.78 is 25.2. The van der Waals surface area contributed by atoms with Crippen molar-refractivity contribution in [3.63, 3.8) is 0 Å². The number of carbonyl (C=O) groups excluding carboxylic acids is 1. The van der Waals surface area contributed by atoms with Gasteiger partial charge in [-0.15, -0.1) is 0 Å². The number of likely N-dealkylation sites (tertiary alicyclic amines) is 1. The van der Waals surface area contributed by atoms with Crippen LogP contribution in [-0.2, 0) is 15.6 Å².